The highest BCUT2D eigenvalue weighted by molar-refractivity contribution is 7.83. The molecule has 0 spiro atoms. The van der Waals surface area contributed by atoms with Gasteiger partial charge in [0.15, 0.2) is 0 Å². The van der Waals surface area contributed by atoms with E-state index in [-0.39, 0.29) is 5.91 Å². The van der Waals surface area contributed by atoms with Gasteiger partial charge in [-0.15, -0.1) is 0 Å². The maximum Gasteiger partial charge on any atom is 0.236 e. The maximum atomic E-state index is 13.8. The van der Waals surface area contributed by atoms with Crippen molar-refractivity contribution in [3.63, 3.8) is 0 Å². The number of nitrogens with one attached hydrogen (secondary N) is 1. The predicted molar refractivity (Wildman–Crippen MR) is 124 cm³/mol. The third-order valence-electron chi connectivity index (χ3n) is 6.24. The van der Waals surface area contributed by atoms with E-state index in [9.17, 15) is 9.00 Å². The zero-order valence-electron chi connectivity index (χ0n) is 16.7. The number of carbonyl (C=O) groups excluding carboxylic acids is 1. The van der Waals surface area contributed by atoms with Crippen LogP contribution in [0.3, 0.4) is 0 Å². The van der Waals surface area contributed by atoms with Crippen LogP contribution < -0.4 is 5.32 Å². The summed E-state index contributed by atoms with van der Waals surface area (Å²) >= 11 is 12.3. The number of fused-ring (bicyclic) bond motifs is 1. The topological polar surface area (TPSA) is 64.0 Å². The zero-order chi connectivity index (χ0) is 21.6. The third kappa shape index (κ3) is 3.71. The number of nitrogens with zero attached hydrogens (tertiary/aromatic N) is 2. The maximum absolute atomic E-state index is 13.8. The first kappa shape index (κ1) is 20.7. The lowest BCUT2D eigenvalue weighted by atomic mass is 9.78. The van der Waals surface area contributed by atoms with Crippen molar-refractivity contribution in [2.75, 3.05) is 5.32 Å². The molecule has 1 amide bonds. The van der Waals surface area contributed by atoms with Crippen molar-refractivity contribution in [1.29, 1.82) is 0 Å². The lowest BCUT2D eigenvalue weighted by molar-refractivity contribution is -0.121. The first-order valence-corrected chi connectivity index (χ1v) is 12.5. The van der Waals surface area contributed by atoms with E-state index >= 15 is 0 Å². The van der Waals surface area contributed by atoms with Gasteiger partial charge in [-0.1, -0.05) is 54.2 Å². The van der Waals surface area contributed by atoms with Crippen LogP contribution in [0.5, 0.6) is 0 Å². The van der Waals surface area contributed by atoms with Crippen LogP contribution in [0.2, 0.25) is 10.0 Å². The van der Waals surface area contributed by atoms with Crippen molar-refractivity contribution in [2.24, 2.45) is 0 Å². The average Bonchev–Trinajstić information content (AvgIpc) is 3.45. The quantitative estimate of drug-likeness (QED) is 0.552. The minimum Gasteiger partial charge on any atom is -0.310 e. The molecule has 1 fully saturated rings. The number of amides is 1. The van der Waals surface area contributed by atoms with Crippen molar-refractivity contribution in [3.05, 3.63) is 75.4 Å². The summed E-state index contributed by atoms with van der Waals surface area (Å²) in [5, 5.41) is 9.08. The van der Waals surface area contributed by atoms with Crippen LogP contribution in [0.25, 0.3) is 5.69 Å². The minimum absolute atomic E-state index is 0.0593. The second-order valence-corrected chi connectivity index (χ2v) is 10.5. The Balaban J connectivity index is 1.56. The van der Waals surface area contributed by atoms with Gasteiger partial charge in [0.2, 0.25) is 5.91 Å². The Morgan fingerprint density at radius 1 is 1.03 bits per heavy atom. The molecule has 0 bridgehead atoms. The Morgan fingerprint density at radius 3 is 2.48 bits per heavy atom. The monoisotopic (exact) mass is 473 g/mol. The standard InChI is InChI=1S/C23H21Cl2N3O2S/c24-16-8-6-15(7-9-16)23(10-1-2-11-23)22(29)26-21-19-13-31(30)14-20(19)27-28(21)18-5-3-4-17(25)12-18/h3-9,12H,1-2,10-11,13-14H2,(H,26,29)/t31-/m1/s1. The molecule has 0 radical (unpaired) electrons. The molecule has 3 aromatic rings. The summed E-state index contributed by atoms with van der Waals surface area (Å²) < 4.78 is 13.9. The SMILES string of the molecule is O=C(Nc1c2c(nn1-c1cccc(Cl)c1)C[S@](=O)C2)C1(c2ccc(Cl)cc2)CCCC1. The minimum atomic E-state index is -1.00. The Hall–Kier alpha value is -2.15. The largest absolute Gasteiger partial charge is 0.310 e. The Kier molecular flexibility index (Phi) is 5.40. The number of hydrogen-bond donors (Lipinski definition) is 1. The third-order valence-corrected chi connectivity index (χ3v) is 7.94. The molecule has 8 heteroatoms. The van der Waals surface area contributed by atoms with Crippen LogP contribution in [0.1, 0.15) is 42.5 Å². The molecule has 1 atom stereocenters. The van der Waals surface area contributed by atoms with Crippen molar-refractivity contribution in [2.45, 2.75) is 42.6 Å². The first-order chi connectivity index (χ1) is 15.0. The highest BCUT2D eigenvalue weighted by Gasteiger charge is 2.43. The van der Waals surface area contributed by atoms with Gasteiger partial charge >= 0.3 is 0 Å². The van der Waals surface area contributed by atoms with E-state index in [1.807, 2.05) is 36.4 Å². The zero-order valence-corrected chi connectivity index (χ0v) is 19.1. The average molecular weight is 474 g/mol. The molecule has 1 N–H and O–H groups in total. The molecule has 1 aromatic heterocycles. The molecule has 1 aliphatic heterocycles. The molecule has 31 heavy (non-hydrogen) atoms. The van der Waals surface area contributed by atoms with E-state index in [2.05, 4.69) is 10.4 Å². The molecule has 1 saturated carbocycles. The van der Waals surface area contributed by atoms with Gasteiger partial charge in [-0.3, -0.25) is 9.00 Å². The van der Waals surface area contributed by atoms with Gasteiger partial charge in [0.1, 0.15) is 5.82 Å². The van der Waals surface area contributed by atoms with Crippen molar-refractivity contribution in [1.82, 2.24) is 9.78 Å². The Bertz CT molecular complexity index is 1180. The lowest BCUT2D eigenvalue weighted by Gasteiger charge is -2.28. The van der Waals surface area contributed by atoms with E-state index in [1.165, 1.54) is 0 Å². The highest BCUT2D eigenvalue weighted by atomic mass is 35.5. The summed E-state index contributed by atoms with van der Waals surface area (Å²) in [6, 6.07) is 14.9. The number of hydrogen-bond acceptors (Lipinski definition) is 3. The fraction of sp³-hybridized carbons (Fsp3) is 0.304. The molecule has 0 unspecified atom stereocenters. The molecule has 2 aliphatic rings. The number of aromatic nitrogens is 2. The summed E-state index contributed by atoms with van der Waals surface area (Å²) in [7, 11) is -1.00. The van der Waals surface area contributed by atoms with Crippen LogP contribution in [-0.2, 0) is 32.5 Å². The van der Waals surface area contributed by atoms with E-state index in [0.29, 0.717) is 27.4 Å². The van der Waals surface area contributed by atoms with Gasteiger partial charge in [-0.05, 0) is 48.7 Å². The Morgan fingerprint density at radius 2 is 1.77 bits per heavy atom. The molecule has 160 valence electrons. The molecular formula is C23H21Cl2N3O2S. The van der Waals surface area contributed by atoms with E-state index in [0.717, 1.165) is 48.2 Å². The fourth-order valence-electron chi connectivity index (χ4n) is 4.67. The van der Waals surface area contributed by atoms with Crippen LogP contribution >= 0.6 is 23.2 Å². The second-order valence-electron chi connectivity index (χ2n) is 8.14. The summed E-state index contributed by atoms with van der Waals surface area (Å²) in [5.74, 6) is 1.32. The first-order valence-electron chi connectivity index (χ1n) is 10.3. The molecule has 0 saturated heterocycles. The summed E-state index contributed by atoms with van der Waals surface area (Å²) in [6.07, 6.45) is 3.54. The van der Waals surface area contributed by atoms with Crippen LogP contribution in [0.4, 0.5) is 5.82 Å². The highest BCUT2D eigenvalue weighted by Crippen LogP contribution is 2.43. The smallest absolute Gasteiger partial charge is 0.236 e. The van der Waals surface area contributed by atoms with E-state index < -0.39 is 16.2 Å². The number of rotatable bonds is 4. The molecular weight excluding hydrogens is 453 g/mol. The predicted octanol–water partition coefficient (Wildman–Crippen LogP) is 5.39. The van der Waals surface area contributed by atoms with Crippen LogP contribution in [-0.4, -0.2) is 19.9 Å². The number of benzene rings is 2. The normalized spacial score (nSPS) is 19.4. The molecule has 1 aliphatic carbocycles. The van der Waals surface area contributed by atoms with Gasteiger partial charge < -0.3 is 5.32 Å². The Labute approximate surface area is 193 Å². The number of halogens is 2. The van der Waals surface area contributed by atoms with Crippen molar-refractivity contribution < 1.29 is 9.00 Å². The molecule has 2 aromatic carbocycles. The number of anilines is 1. The van der Waals surface area contributed by atoms with Gasteiger partial charge in [0.05, 0.1) is 28.3 Å². The van der Waals surface area contributed by atoms with E-state index in [4.69, 9.17) is 23.2 Å². The summed E-state index contributed by atoms with van der Waals surface area (Å²) in [4.78, 5) is 13.8. The fourth-order valence-corrected chi connectivity index (χ4v) is 6.25. The molecule has 5 rings (SSSR count). The lowest BCUT2D eigenvalue weighted by Crippen LogP contribution is -2.38. The van der Waals surface area contributed by atoms with E-state index in [1.54, 1.807) is 16.8 Å². The van der Waals surface area contributed by atoms with Crippen LogP contribution in [0, 0.1) is 0 Å². The van der Waals surface area contributed by atoms with Gasteiger partial charge in [0.25, 0.3) is 0 Å². The molecule has 5 nitrogen and oxygen atoms in total. The number of carbonyl (C=O) groups is 1. The summed E-state index contributed by atoms with van der Waals surface area (Å²) in [5.41, 5.74) is 2.73. The second kappa shape index (κ2) is 8.08. The summed E-state index contributed by atoms with van der Waals surface area (Å²) in [6.45, 7) is 0. The van der Waals surface area contributed by atoms with Gasteiger partial charge in [-0.2, -0.15) is 5.10 Å². The molecule has 2 heterocycles. The van der Waals surface area contributed by atoms with Crippen LogP contribution in [0.15, 0.2) is 48.5 Å². The van der Waals surface area contributed by atoms with Crippen molar-refractivity contribution >= 4 is 45.7 Å². The van der Waals surface area contributed by atoms with Gasteiger partial charge in [0, 0.05) is 26.4 Å². The van der Waals surface area contributed by atoms with Gasteiger partial charge in [-0.25, -0.2) is 4.68 Å². The van der Waals surface area contributed by atoms with Crippen molar-refractivity contribution in [3.8, 4) is 5.69 Å².